The molecular weight excluding hydrogens is 318 g/mol. The zero-order chi connectivity index (χ0) is 17.8. The third kappa shape index (κ3) is 3.42. The lowest BCUT2D eigenvalue weighted by Crippen LogP contribution is -2.28. The number of terminal acetylenes is 1. The zero-order valence-corrected chi connectivity index (χ0v) is 14.9. The fourth-order valence-corrected chi connectivity index (χ4v) is 3.82. The van der Waals surface area contributed by atoms with Crippen LogP contribution in [0, 0.1) is 12.3 Å². The monoisotopic (exact) mass is 341 g/mol. The number of aromatic nitrogens is 2. The van der Waals surface area contributed by atoms with E-state index in [1.807, 2.05) is 30.5 Å². The fraction of sp³-hybridized carbons (Fsp3) is 0.261. The van der Waals surface area contributed by atoms with E-state index >= 15 is 0 Å². The van der Waals surface area contributed by atoms with Gasteiger partial charge in [-0.15, -0.1) is 6.42 Å². The van der Waals surface area contributed by atoms with Crippen molar-refractivity contribution >= 4 is 0 Å². The van der Waals surface area contributed by atoms with Gasteiger partial charge in [0.1, 0.15) is 0 Å². The Morgan fingerprint density at radius 1 is 1.00 bits per heavy atom. The molecule has 1 atom stereocenters. The van der Waals surface area contributed by atoms with Crippen LogP contribution in [0.2, 0.25) is 0 Å². The van der Waals surface area contributed by atoms with Gasteiger partial charge in [-0.2, -0.15) is 0 Å². The molecule has 0 spiro atoms. The molecule has 26 heavy (non-hydrogen) atoms. The highest BCUT2D eigenvalue weighted by molar-refractivity contribution is 5.38. The Morgan fingerprint density at radius 3 is 2.50 bits per heavy atom. The van der Waals surface area contributed by atoms with E-state index < -0.39 is 0 Å². The predicted molar refractivity (Wildman–Crippen MR) is 105 cm³/mol. The third-order valence-electron chi connectivity index (χ3n) is 5.10. The quantitative estimate of drug-likeness (QED) is 0.652. The van der Waals surface area contributed by atoms with Crippen molar-refractivity contribution in [1.82, 2.24) is 14.5 Å². The number of pyridine rings is 1. The van der Waals surface area contributed by atoms with Crippen LogP contribution >= 0.6 is 0 Å². The number of rotatable bonds is 5. The molecule has 1 aliphatic rings. The summed E-state index contributed by atoms with van der Waals surface area (Å²) in [5, 5.41) is 0. The number of hydrogen-bond donors (Lipinski definition) is 0. The Bertz CT molecular complexity index is 881. The number of hydrogen-bond acceptors (Lipinski definition) is 2. The molecule has 130 valence electrons. The van der Waals surface area contributed by atoms with Crippen LogP contribution in [-0.2, 0) is 6.54 Å². The van der Waals surface area contributed by atoms with Gasteiger partial charge in [-0.3, -0.25) is 9.88 Å². The summed E-state index contributed by atoms with van der Waals surface area (Å²) in [5.74, 6) is 2.71. The van der Waals surface area contributed by atoms with Gasteiger partial charge < -0.3 is 4.57 Å². The molecule has 0 N–H and O–H groups in total. The van der Waals surface area contributed by atoms with Crippen LogP contribution in [0.3, 0.4) is 0 Å². The lowest BCUT2D eigenvalue weighted by molar-refractivity contribution is 0.271. The van der Waals surface area contributed by atoms with Crippen molar-refractivity contribution in [3.05, 3.63) is 89.5 Å². The molecule has 1 saturated heterocycles. The smallest absolute Gasteiger partial charge is 0.0756 e. The molecule has 1 fully saturated rings. The minimum atomic E-state index is 0.253. The fourth-order valence-electron chi connectivity index (χ4n) is 3.82. The van der Waals surface area contributed by atoms with Crippen LogP contribution in [-0.4, -0.2) is 27.5 Å². The highest BCUT2D eigenvalue weighted by Gasteiger charge is 2.27. The predicted octanol–water partition coefficient (Wildman–Crippen LogP) is 4.10. The molecule has 2 aromatic heterocycles. The lowest BCUT2D eigenvalue weighted by atomic mass is 10.0. The van der Waals surface area contributed by atoms with Crippen LogP contribution in [0.25, 0.3) is 0 Å². The first kappa shape index (κ1) is 16.6. The van der Waals surface area contributed by atoms with E-state index in [4.69, 9.17) is 6.42 Å². The Morgan fingerprint density at radius 2 is 1.81 bits per heavy atom. The Hall–Kier alpha value is -2.83. The highest BCUT2D eigenvalue weighted by Crippen LogP contribution is 2.32. The van der Waals surface area contributed by atoms with Gasteiger partial charge in [0.15, 0.2) is 0 Å². The molecule has 3 heteroatoms. The second-order valence-corrected chi connectivity index (χ2v) is 6.79. The minimum Gasteiger partial charge on any atom is -0.344 e. The molecule has 0 aliphatic carbocycles. The molecule has 1 aliphatic heterocycles. The van der Waals surface area contributed by atoms with Crippen molar-refractivity contribution in [2.75, 3.05) is 13.1 Å². The molecule has 0 radical (unpaired) electrons. The van der Waals surface area contributed by atoms with E-state index in [-0.39, 0.29) is 6.04 Å². The summed E-state index contributed by atoms with van der Waals surface area (Å²) in [6, 6.07) is 19.2. The lowest BCUT2D eigenvalue weighted by Gasteiger charge is -2.29. The maximum absolute atomic E-state index is 5.53. The van der Waals surface area contributed by atoms with Gasteiger partial charge in [-0.05, 0) is 67.9 Å². The van der Waals surface area contributed by atoms with E-state index in [1.54, 1.807) is 0 Å². The van der Waals surface area contributed by atoms with Crippen molar-refractivity contribution in [3.63, 3.8) is 0 Å². The molecular formula is C23H23N3. The van der Waals surface area contributed by atoms with Crippen molar-refractivity contribution in [3.8, 4) is 12.3 Å². The third-order valence-corrected chi connectivity index (χ3v) is 5.10. The van der Waals surface area contributed by atoms with Gasteiger partial charge in [0, 0.05) is 23.7 Å². The molecule has 3 heterocycles. The van der Waals surface area contributed by atoms with Crippen molar-refractivity contribution < 1.29 is 0 Å². The first-order valence-corrected chi connectivity index (χ1v) is 9.21. The Labute approximate surface area is 155 Å². The summed E-state index contributed by atoms with van der Waals surface area (Å²) >= 11 is 0. The standard InChI is InChI=1S/C23H23N3/c1-2-19-10-12-20(13-11-19)23(25-15-5-6-16-25)22-9-7-17-26(22)18-21-8-3-4-14-24-21/h1,3-4,7-14,17,23H,5-6,15-16,18H2. The van der Waals surface area contributed by atoms with Crippen LogP contribution in [0.15, 0.2) is 67.0 Å². The number of benzene rings is 1. The number of nitrogens with zero attached hydrogens (tertiary/aromatic N) is 3. The summed E-state index contributed by atoms with van der Waals surface area (Å²) in [7, 11) is 0. The van der Waals surface area contributed by atoms with E-state index in [0.717, 1.165) is 30.9 Å². The molecule has 4 rings (SSSR count). The van der Waals surface area contributed by atoms with Crippen molar-refractivity contribution in [1.29, 1.82) is 0 Å². The second kappa shape index (κ2) is 7.59. The van der Waals surface area contributed by atoms with Gasteiger partial charge in [0.25, 0.3) is 0 Å². The summed E-state index contributed by atoms with van der Waals surface area (Å²) in [4.78, 5) is 7.07. The Balaban J connectivity index is 1.70. The largest absolute Gasteiger partial charge is 0.344 e. The first-order valence-electron chi connectivity index (χ1n) is 9.21. The van der Waals surface area contributed by atoms with Gasteiger partial charge >= 0.3 is 0 Å². The van der Waals surface area contributed by atoms with Crippen LogP contribution < -0.4 is 0 Å². The molecule has 3 aromatic rings. The summed E-state index contributed by atoms with van der Waals surface area (Å²) in [6.07, 6.45) is 12.1. The number of likely N-dealkylation sites (tertiary alicyclic amines) is 1. The zero-order valence-electron chi connectivity index (χ0n) is 14.9. The first-order chi connectivity index (χ1) is 12.8. The van der Waals surface area contributed by atoms with Crippen molar-refractivity contribution in [2.24, 2.45) is 0 Å². The summed E-state index contributed by atoms with van der Waals surface area (Å²) in [5.41, 5.74) is 4.61. The molecule has 0 bridgehead atoms. The SMILES string of the molecule is C#Cc1ccc(C(c2cccn2Cc2ccccn2)N2CCCC2)cc1. The van der Waals surface area contributed by atoms with Crippen LogP contribution in [0.4, 0.5) is 0 Å². The topological polar surface area (TPSA) is 21.1 Å². The normalized spacial score (nSPS) is 15.7. The van der Waals surface area contributed by atoms with Crippen molar-refractivity contribution in [2.45, 2.75) is 25.4 Å². The van der Waals surface area contributed by atoms with Gasteiger partial charge in [0.2, 0.25) is 0 Å². The van der Waals surface area contributed by atoms with E-state index in [0.29, 0.717) is 0 Å². The Kier molecular flexibility index (Phi) is 4.86. The summed E-state index contributed by atoms with van der Waals surface area (Å²) in [6.45, 7) is 3.06. The average Bonchev–Trinajstić information content (AvgIpc) is 3.37. The molecule has 1 unspecified atom stereocenters. The van der Waals surface area contributed by atoms with E-state index in [2.05, 4.69) is 56.9 Å². The van der Waals surface area contributed by atoms with Crippen LogP contribution in [0.1, 0.15) is 41.4 Å². The second-order valence-electron chi connectivity index (χ2n) is 6.79. The maximum atomic E-state index is 5.53. The summed E-state index contributed by atoms with van der Waals surface area (Å²) < 4.78 is 2.32. The van der Waals surface area contributed by atoms with Gasteiger partial charge in [-0.1, -0.05) is 24.1 Å². The molecule has 0 amide bonds. The van der Waals surface area contributed by atoms with E-state index in [9.17, 15) is 0 Å². The van der Waals surface area contributed by atoms with Crippen LogP contribution in [0.5, 0.6) is 0 Å². The molecule has 0 saturated carbocycles. The molecule has 1 aromatic carbocycles. The van der Waals surface area contributed by atoms with Gasteiger partial charge in [0.05, 0.1) is 18.3 Å². The van der Waals surface area contributed by atoms with E-state index in [1.165, 1.54) is 24.1 Å². The average molecular weight is 341 g/mol. The maximum Gasteiger partial charge on any atom is 0.0756 e. The highest BCUT2D eigenvalue weighted by atomic mass is 15.2. The minimum absolute atomic E-state index is 0.253. The molecule has 3 nitrogen and oxygen atoms in total. The van der Waals surface area contributed by atoms with Gasteiger partial charge in [-0.25, -0.2) is 0 Å².